The Balaban J connectivity index is 1.47. The zero-order chi connectivity index (χ0) is 21.7. The average molecular weight is 499 g/mol. The minimum atomic E-state index is -3.68. The zero-order valence-corrected chi connectivity index (χ0v) is 18.9. The summed E-state index contributed by atoms with van der Waals surface area (Å²) in [5.41, 5.74) is -0.677. The number of nitrogens with one attached hydrogen (secondary N) is 2. The molecule has 1 saturated carbocycles. The number of benzene rings is 1. The van der Waals surface area contributed by atoms with Gasteiger partial charge in [-0.3, -0.25) is 14.5 Å². The molecule has 0 radical (unpaired) electrons. The Labute approximate surface area is 183 Å². The van der Waals surface area contributed by atoms with Gasteiger partial charge < -0.3 is 10.6 Å². The maximum Gasteiger partial charge on any atom is 0.325 e. The second-order valence-electron chi connectivity index (χ2n) is 8.10. The van der Waals surface area contributed by atoms with Gasteiger partial charge in [0.15, 0.2) is 0 Å². The summed E-state index contributed by atoms with van der Waals surface area (Å²) in [4.78, 5) is 38.4. The molecule has 4 amide bonds. The van der Waals surface area contributed by atoms with Gasteiger partial charge in [0, 0.05) is 23.2 Å². The lowest BCUT2D eigenvalue weighted by Crippen LogP contribution is -2.46. The Morgan fingerprint density at radius 2 is 1.93 bits per heavy atom. The smallest absolute Gasteiger partial charge is 0.324 e. The van der Waals surface area contributed by atoms with Crippen LogP contribution in [0.1, 0.15) is 32.6 Å². The lowest BCUT2D eigenvalue weighted by molar-refractivity contribution is -0.134. The zero-order valence-electron chi connectivity index (χ0n) is 16.5. The fraction of sp³-hybridized carbons (Fsp3) is 0.526. The van der Waals surface area contributed by atoms with Crippen molar-refractivity contribution in [1.29, 1.82) is 0 Å². The molecule has 2 heterocycles. The molecule has 1 aromatic carbocycles. The van der Waals surface area contributed by atoms with Crippen LogP contribution in [-0.2, 0) is 19.6 Å². The number of imide groups is 1. The molecule has 0 bridgehead atoms. The molecule has 2 aliphatic heterocycles. The van der Waals surface area contributed by atoms with Crippen LogP contribution in [-0.4, -0.2) is 60.6 Å². The third kappa shape index (κ3) is 3.74. The van der Waals surface area contributed by atoms with E-state index in [1.807, 2.05) is 0 Å². The molecule has 9 nitrogen and oxygen atoms in total. The quantitative estimate of drug-likeness (QED) is 0.581. The van der Waals surface area contributed by atoms with Gasteiger partial charge in [0.1, 0.15) is 12.1 Å². The van der Waals surface area contributed by atoms with Crippen LogP contribution in [0.4, 0.5) is 10.5 Å². The van der Waals surface area contributed by atoms with Crippen molar-refractivity contribution < 1.29 is 22.8 Å². The highest BCUT2D eigenvalue weighted by Gasteiger charge is 2.56. The van der Waals surface area contributed by atoms with Gasteiger partial charge in [0.25, 0.3) is 5.91 Å². The highest BCUT2D eigenvalue weighted by Crippen LogP contribution is 2.42. The van der Waals surface area contributed by atoms with Gasteiger partial charge in [0.2, 0.25) is 15.9 Å². The maximum atomic E-state index is 12.9. The summed E-state index contributed by atoms with van der Waals surface area (Å²) >= 11 is 3.27. The van der Waals surface area contributed by atoms with E-state index in [9.17, 15) is 22.8 Å². The summed E-state index contributed by atoms with van der Waals surface area (Å²) in [7, 11) is -3.68. The van der Waals surface area contributed by atoms with E-state index in [-0.39, 0.29) is 16.5 Å². The summed E-state index contributed by atoms with van der Waals surface area (Å²) < 4.78 is 27.6. The minimum Gasteiger partial charge on any atom is -0.324 e. The molecule has 0 spiro atoms. The Bertz CT molecular complexity index is 1020. The first-order chi connectivity index (χ1) is 14.1. The maximum absolute atomic E-state index is 12.9. The number of hydrogen-bond acceptors (Lipinski definition) is 5. The van der Waals surface area contributed by atoms with Crippen molar-refractivity contribution in [3.8, 4) is 0 Å². The number of amides is 4. The first-order valence-corrected chi connectivity index (χ1v) is 12.1. The first-order valence-electron chi connectivity index (χ1n) is 9.86. The number of sulfonamides is 1. The molecule has 11 heteroatoms. The SMILES string of the molecule is C[C@@]1(C2CC2)NC(=O)N(CC(=O)Nc2ccc(Br)c(S(=O)(=O)N3CCCC3)c2)C1=O. The van der Waals surface area contributed by atoms with E-state index in [1.165, 1.54) is 10.4 Å². The summed E-state index contributed by atoms with van der Waals surface area (Å²) in [6.07, 6.45) is 3.38. The monoisotopic (exact) mass is 498 g/mol. The molecule has 30 heavy (non-hydrogen) atoms. The summed E-state index contributed by atoms with van der Waals surface area (Å²) in [5.74, 6) is -0.879. The van der Waals surface area contributed by atoms with Crippen molar-refractivity contribution in [1.82, 2.24) is 14.5 Å². The van der Waals surface area contributed by atoms with Crippen molar-refractivity contribution >= 4 is 49.5 Å². The van der Waals surface area contributed by atoms with Crippen molar-refractivity contribution in [2.75, 3.05) is 25.0 Å². The summed E-state index contributed by atoms with van der Waals surface area (Å²) in [5, 5.41) is 5.29. The third-order valence-corrected chi connectivity index (χ3v) is 8.79. The third-order valence-electron chi connectivity index (χ3n) is 5.89. The number of carbonyl (C=O) groups excluding carboxylic acids is 3. The highest BCUT2D eigenvalue weighted by atomic mass is 79.9. The Morgan fingerprint density at radius 1 is 1.27 bits per heavy atom. The summed E-state index contributed by atoms with van der Waals surface area (Å²) in [6, 6.07) is 3.91. The van der Waals surface area contributed by atoms with Gasteiger partial charge >= 0.3 is 6.03 Å². The van der Waals surface area contributed by atoms with Crippen LogP contribution in [0.2, 0.25) is 0 Å². The molecule has 1 atom stereocenters. The van der Waals surface area contributed by atoms with E-state index in [0.29, 0.717) is 17.6 Å². The number of anilines is 1. The van der Waals surface area contributed by atoms with Gasteiger partial charge in [0.05, 0.1) is 4.90 Å². The predicted octanol–water partition coefficient (Wildman–Crippen LogP) is 1.89. The largest absolute Gasteiger partial charge is 0.325 e. The van der Waals surface area contributed by atoms with Crippen LogP contribution in [0.3, 0.4) is 0 Å². The van der Waals surface area contributed by atoms with Gasteiger partial charge in [-0.05, 0) is 72.7 Å². The molecule has 3 fully saturated rings. The van der Waals surface area contributed by atoms with E-state index in [4.69, 9.17) is 0 Å². The molecule has 4 rings (SSSR count). The number of hydrogen-bond donors (Lipinski definition) is 2. The molecule has 3 aliphatic rings. The second-order valence-corrected chi connectivity index (χ2v) is 10.9. The normalized spacial score (nSPS) is 24.9. The molecular formula is C19H23BrN4O5S. The van der Waals surface area contributed by atoms with Gasteiger partial charge in [-0.15, -0.1) is 0 Å². The van der Waals surface area contributed by atoms with Crippen LogP contribution >= 0.6 is 15.9 Å². The number of nitrogens with zero attached hydrogens (tertiary/aromatic N) is 2. The highest BCUT2D eigenvalue weighted by molar-refractivity contribution is 9.10. The minimum absolute atomic E-state index is 0.0681. The first kappa shape index (κ1) is 21.3. The number of rotatable bonds is 6. The van der Waals surface area contributed by atoms with Crippen molar-refractivity contribution in [2.45, 2.75) is 43.0 Å². The van der Waals surface area contributed by atoms with E-state index in [0.717, 1.165) is 30.6 Å². The molecule has 1 aliphatic carbocycles. The second kappa shape index (κ2) is 7.61. The lowest BCUT2D eigenvalue weighted by atomic mass is 9.96. The van der Waals surface area contributed by atoms with Gasteiger partial charge in [-0.2, -0.15) is 4.31 Å². The number of carbonyl (C=O) groups is 3. The molecule has 2 N–H and O–H groups in total. The van der Waals surface area contributed by atoms with Gasteiger partial charge in [-0.1, -0.05) is 0 Å². The molecule has 1 aromatic rings. The Hall–Kier alpha value is -1.98. The van der Waals surface area contributed by atoms with Crippen molar-refractivity contribution in [2.24, 2.45) is 5.92 Å². The fourth-order valence-electron chi connectivity index (χ4n) is 3.99. The van der Waals surface area contributed by atoms with Crippen molar-refractivity contribution in [3.63, 3.8) is 0 Å². The topological polar surface area (TPSA) is 116 Å². The Kier molecular flexibility index (Phi) is 5.39. The van der Waals surface area contributed by atoms with Crippen LogP contribution in [0.25, 0.3) is 0 Å². The van der Waals surface area contributed by atoms with Crippen molar-refractivity contribution in [3.05, 3.63) is 22.7 Å². The average Bonchev–Trinajstić information content (AvgIpc) is 3.35. The van der Waals surface area contributed by atoms with Gasteiger partial charge in [-0.25, -0.2) is 13.2 Å². The van der Waals surface area contributed by atoms with E-state index < -0.39 is 40.0 Å². The molecule has 0 aromatic heterocycles. The number of halogens is 1. The lowest BCUT2D eigenvalue weighted by Gasteiger charge is -2.21. The van der Waals surface area contributed by atoms with Crippen LogP contribution < -0.4 is 10.6 Å². The number of urea groups is 1. The predicted molar refractivity (Wildman–Crippen MR) is 112 cm³/mol. The fourth-order valence-corrected chi connectivity index (χ4v) is 6.45. The molecular weight excluding hydrogens is 476 g/mol. The molecule has 2 saturated heterocycles. The van der Waals surface area contributed by atoms with Crippen LogP contribution in [0.5, 0.6) is 0 Å². The summed E-state index contributed by atoms with van der Waals surface area (Å²) in [6.45, 7) is 2.19. The Morgan fingerprint density at radius 3 is 2.57 bits per heavy atom. The molecule has 0 unspecified atom stereocenters. The van der Waals surface area contributed by atoms with Crippen LogP contribution in [0.15, 0.2) is 27.6 Å². The van der Waals surface area contributed by atoms with E-state index >= 15 is 0 Å². The standard InChI is InChI=1S/C19H23BrN4O5S/c1-19(12-4-5-12)17(26)24(18(27)22-19)11-16(25)21-13-6-7-14(20)15(10-13)30(28,29)23-8-2-3-9-23/h6-7,10,12H,2-5,8-9,11H2,1H3,(H,21,25)(H,22,27)/t19-/m0/s1. The van der Waals surface area contributed by atoms with E-state index in [2.05, 4.69) is 26.6 Å². The van der Waals surface area contributed by atoms with E-state index in [1.54, 1.807) is 19.1 Å². The van der Waals surface area contributed by atoms with Crippen LogP contribution in [0, 0.1) is 5.92 Å². The molecule has 162 valence electrons.